The van der Waals surface area contributed by atoms with Gasteiger partial charge in [0.2, 0.25) is 0 Å². The van der Waals surface area contributed by atoms with Gasteiger partial charge in [0.15, 0.2) is 0 Å². The first-order chi connectivity index (χ1) is 9.86. The van der Waals surface area contributed by atoms with Crippen molar-refractivity contribution in [2.75, 3.05) is 6.61 Å². The van der Waals surface area contributed by atoms with E-state index in [0.717, 1.165) is 12.8 Å². The largest absolute Gasteiger partial charge is 0.490 e. The first kappa shape index (κ1) is 17.0. The molecular formula is C17H31BO3. The second kappa shape index (κ2) is 6.85. The van der Waals surface area contributed by atoms with Gasteiger partial charge in [-0.05, 0) is 46.0 Å². The Labute approximate surface area is 130 Å². The molecule has 1 fully saturated rings. The maximum atomic E-state index is 6.15. The first-order valence-corrected chi connectivity index (χ1v) is 8.52. The van der Waals surface area contributed by atoms with Crippen LogP contribution in [0.15, 0.2) is 11.5 Å². The van der Waals surface area contributed by atoms with Crippen molar-refractivity contribution in [3.8, 4) is 0 Å². The van der Waals surface area contributed by atoms with E-state index in [1.54, 1.807) is 0 Å². The molecule has 120 valence electrons. The summed E-state index contributed by atoms with van der Waals surface area (Å²) in [6, 6.07) is 0. The van der Waals surface area contributed by atoms with Crippen LogP contribution < -0.4 is 0 Å². The molecule has 21 heavy (non-hydrogen) atoms. The van der Waals surface area contributed by atoms with Crippen LogP contribution in [0.2, 0.25) is 0 Å². The van der Waals surface area contributed by atoms with E-state index in [9.17, 15) is 0 Å². The van der Waals surface area contributed by atoms with Gasteiger partial charge in [-0.3, -0.25) is 0 Å². The Morgan fingerprint density at radius 2 is 1.76 bits per heavy atom. The molecule has 4 heteroatoms. The second-order valence-corrected chi connectivity index (χ2v) is 7.38. The van der Waals surface area contributed by atoms with Crippen LogP contribution in [0, 0.1) is 0 Å². The molecule has 0 spiro atoms. The van der Waals surface area contributed by atoms with Crippen LogP contribution in [0.1, 0.15) is 73.1 Å². The number of hydrogen-bond acceptors (Lipinski definition) is 3. The lowest BCUT2D eigenvalue weighted by molar-refractivity contribution is 0.00578. The Bertz CT molecular complexity index is 360. The van der Waals surface area contributed by atoms with Crippen molar-refractivity contribution in [2.24, 2.45) is 0 Å². The molecule has 0 aliphatic carbocycles. The number of hydrogen-bond donors (Lipinski definition) is 0. The molecule has 1 saturated heterocycles. The summed E-state index contributed by atoms with van der Waals surface area (Å²) in [6.45, 7) is 11.4. The quantitative estimate of drug-likeness (QED) is 0.540. The fraction of sp³-hybridized carbons (Fsp3) is 0.882. The lowest BCUT2D eigenvalue weighted by Crippen LogP contribution is -2.41. The fourth-order valence-corrected chi connectivity index (χ4v) is 2.87. The molecule has 2 aliphatic rings. The smallest absolute Gasteiger partial charge is 0.400 e. The fourth-order valence-electron chi connectivity index (χ4n) is 2.87. The zero-order valence-electron chi connectivity index (χ0n) is 14.4. The van der Waals surface area contributed by atoms with Gasteiger partial charge in [0.05, 0.1) is 23.9 Å². The SMILES string of the molecule is CCCCCCC1CC(B2OC(C)(C)C(C)(C)O2)=CCO1. The van der Waals surface area contributed by atoms with Crippen LogP contribution in [0.5, 0.6) is 0 Å². The summed E-state index contributed by atoms with van der Waals surface area (Å²) >= 11 is 0. The highest BCUT2D eigenvalue weighted by Gasteiger charge is 2.52. The third-order valence-corrected chi connectivity index (χ3v) is 5.08. The minimum atomic E-state index is -0.257. The van der Waals surface area contributed by atoms with E-state index in [1.165, 1.54) is 31.2 Å². The summed E-state index contributed by atoms with van der Waals surface area (Å²) in [7, 11) is -0.197. The molecule has 0 aromatic rings. The molecule has 3 nitrogen and oxygen atoms in total. The normalized spacial score (nSPS) is 27.8. The van der Waals surface area contributed by atoms with Gasteiger partial charge in [0, 0.05) is 0 Å². The van der Waals surface area contributed by atoms with Gasteiger partial charge in [0.1, 0.15) is 0 Å². The second-order valence-electron chi connectivity index (χ2n) is 7.38. The number of rotatable bonds is 6. The highest BCUT2D eigenvalue weighted by atomic mass is 16.7. The van der Waals surface area contributed by atoms with Crippen molar-refractivity contribution in [3.63, 3.8) is 0 Å². The van der Waals surface area contributed by atoms with Crippen molar-refractivity contribution in [2.45, 2.75) is 90.4 Å². The Kier molecular flexibility index (Phi) is 5.56. The van der Waals surface area contributed by atoms with Gasteiger partial charge < -0.3 is 14.0 Å². The highest BCUT2D eigenvalue weighted by Crippen LogP contribution is 2.40. The van der Waals surface area contributed by atoms with Crippen LogP contribution in [0.25, 0.3) is 0 Å². The number of unbranched alkanes of at least 4 members (excludes halogenated alkanes) is 3. The lowest BCUT2D eigenvalue weighted by atomic mass is 9.73. The topological polar surface area (TPSA) is 27.7 Å². The molecule has 2 rings (SSSR count). The molecule has 2 aliphatic heterocycles. The zero-order valence-corrected chi connectivity index (χ0v) is 14.4. The van der Waals surface area contributed by atoms with Crippen molar-refractivity contribution in [1.29, 1.82) is 0 Å². The monoisotopic (exact) mass is 294 g/mol. The number of ether oxygens (including phenoxy) is 1. The van der Waals surface area contributed by atoms with Gasteiger partial charge in [-0.2, -0.15) is 0 Å². The summed E-state index contributed by atoms with van der Waals surface area (Å²) in [5.41, 5.74) is 0.751. The Balaban J connectivity index is 1.86. The average molecular weight is 294 g/mol. The Morgan fingerprint density at radius 3 is 2.38 bits per heavy atom. The first-order valence-electron chi connectivity index (χ1n) is 8.52. The minimum Gasteiger partial charge on any atom is -0.400 e. The molecule has 1 unspecified atom stereocenters. The van der Waals surface area contributed by atoms with E-state index in [4.69, 9.17) is 14.0 Å². The van der Waals surface area contributed by atoms with Crippen LogP contribution in [-0.4, -0.2) is 31.0 Å². The van der Waals surface area contributed by atoms with Crippen molar-refractivity contribution in [1.82, 2.24) is 0 Å². The zero-order chi connectivity index (χ0) is 15.5. The van der Waals surface area contributed by atoms with Crippen LogP contribution in [0.3, 0.4) is 0 Å². The van der Waals surface area contributed by atoms with E-state index < -0.39 is 0 Å². The van der Waals surface area contributed by atoms with E-state index >= 15 is 0 Å². The van der Waals surface area contributed by atoms with Crippen molar-refractivity contribution < 1.29 is 14.0 Å². The van der Waals surface area contributed by atoms with Crippen molar-refractivity contribution in [3.05, 3.63) is 11.5 Å². The molecular weight excluding hydrogens is 263 g/mol. The van der Waals surface area contributed by atoms with E-state index in [2.05, 4.69) is 40.7 Å². The van der Waals surface area contributed by atoms with Gasteiger partial charge in [-0.15, -0.1) is 0 Å². The van der Waals surface area contributed by atoms with E-state index in [0.29, 0.717) is 12.7 Å². The summed E-state index contributed by atoms with van der Waals surface area (Å²) < 4.78 is 18.2. The molecule has 0 aromatic heterocycles. The van der Waals surface area contributed by atoms with E-state index in [-0.39, 0.29) is 18.3 Å². The van der Waals surface area contributed by atoms with Gasteiger partial charge in [0.25, 0.3) is 0 Å². The molecule has 0 aromatic carbocycles. The average Bonchev–Trinajstić information content (AvgIpc) is 2.64. The molecule has 0 N–H and O–H groups in total. The maximum absolute atomic E-state index is 6.15. The third kappa shape index (κ3) is 4.11. The lowest BCUT2D eigenvalue weighted by Gasteiger charge is -2.32. The summed E-state index contributed by atoms with van der Waals surface area (Å²) in [5, 5.41) is 0. The molecule has 0 bridgehead atoms. The van der Waals surface area contributed by atoms with Crippen LogP contribution >= 0.6 is 0 Å². The summed E-state index contributed by atoms with van der Waals surface area (Å²) in [6.07, 6.45) is 9.75. The van der Waals surface area contributed by atoms with Gasteiger partial charge in [-0.25, -0.2) is 0 Å². The molecule has 0 amide bonds. The predicted octanol–water partition coefficient (Wildman–Crippen LogP) is 4.30. The van der Waals surface area contributed by atoms with Gasteiger partial charge in [-0.1, -0.05) is 38.7 Å². The Morgan fingerprint density at radius 1 is 1.10 bits per heavy atom. The molecule has 0 saturated carbocycles. The highest BCUT2D eigenvalue weighted by molar-refractivity contribution is 6.54. The van der Waals surface area contributed by atoms with E-state index in [1.807, 2.05) is 0 Å². The standard InChI is InChI=1S/C17H31BO3/c1-6-7-8-9-10-15-13-14(11-12-19-15)18-20-16(2,3)17(4,5)21-18/h11,15H,6-10,12-13H2,1-5H3. The molecule has 1 atom stereocenters. The predicted molar refractivity (Wildman–Crippen MR) is 87.3 cm³/mol. The maximum Gasteiger partial charge on any atom is 0.490 e. The Hall–Kier alpha value is -0.315. The minimum absolute atomic E-state index is 0.197. The van der Waals surface area contributed by atoms with Gasteiger partial charge >= 0.3 is 7.12 Å². The summed E-state index contributed by atoms with van der Waals surface area (Å²) in [4.78, 5) is 0. The van der Waals surface area contributed by atoms with Crippen LogP contribution in [0.4, 0.5) is 0 Å². The summed E-state index contributed by atoms with van der Waals surface area (Å²) in [5.74, 6) is 0. The van der Waals surface area contributed by atoms with Crippen LogP contribution in [-0.2, 0) is 14.0 Å². The third-order valence-electron chi connectivity index (χ3n) is 5.08. The molecule has 0 radical (unpaired) electrons. The molecule has 2 heterocycles. The van der Waals surface area contributed by atoms with Crippen molar-refractivity contribution >= 4 is 7.12 Å².